The van der Waals surface area contributed by atoms with E-state index in [0.717, 1.165) is 28.3 Å². The second-order valence-corrected chi connectivity index (χ2v) is 13.3. The molecule has 3 nitrogen and oxygen atoms in total. The predicted molar refractivity (Wildman–Crippen MR) is 206 cm³/mol. The molecule has 0 unspecified atom stereocenters. The highest BCUT2D eigenvalue weighted by molar-refractivity contribution is 6.13. The van der Waals surface area contributed by atoms with Gasteiger partial charge in [-0.1, -0.05) is 123 Å². The lowest BCUT2D eigenvalue weighted by molar-refractivity contribution is 0.663. The van der Waals surface area contributed by atoms with Crippen molar-refractivity contribution in [3.63, 3.8) is 0 Å². The van der Waals surface area contributed by atoms with Crippen molar-refractivity contribution >= 4 is 51.0 Å². The Morgan fingerprint density at radius 3 is 1.92 bits per heavy atom. The number of benzene rings is 6. The van der Waals surface area contributed by atoms with Crippen molar-refractivity contribution in [3.05, 3.63) is 186 Å². The number of para-hydroxylation sites is 3. The lowest BCUT2D eigenvalue weighted by Gasteiger charge is -2.25. The van der Waals surface area contributed by atoms with E-state index in [9.17, 15) is 0 Å². The van der Waals surface area contributed by atoms with Crippen LogP contribution in [0.15, 0.2) is 164 Å². The minimum absolute atomic E-state index is 0.192. The molecule has 0 spiro atoms. The molecule has 6 aromatic carbocycles. The largest absolute Gasteiger partial charge is 0.311 e. The lowest BCUT2D eigenvalue weighted by Crippen LogP contribution is -2.16. The molecule has 0 saturated carbocycles. The summed E-state index contributed by atoms with van der Waals surface area (Å²) in [5.74, 6) is 0. The zero-order chi connectivity index (χ0) is 33.0. The maximum absolute atomic E-state index is 4.49. The minimum Gasteiger partial charge on any atom is -0.311 e. The SMILES string of the molecule is CC1(C)c2cc(/C=C/c3ccc(N(c4ccccc4)c4ccccc4)cc3)ccc2-c2ccc3c4ccccc4n(-c4cccnc4)c3c21. The molecule has 0 atom stereocenters. The standard InChI is InChI=1S/C46H35N3/c1-46(2)42-30-33(20-19-32-21-24-36(25-22-32)48(34-12-5-3-6-13-34)35-14-7-4-8-15-35)23-26-38(42)40-27-28-41-39-17-9-10-18-43(39)49(45(41)44(40)46)37-16-11-29-47-31-37/h3-31H,1-2H3/b20-19+. The van der Waals surface area contributed by atoms with Gasteiger partial charge >= 0.3 is 0 Å². The van der Waals surface area contributed by atoms with Gasteiger partial charge in [-0.3, -0.25) is 4.98 Å². The van der Waals surface area contributed by atoms with E-state index in [1.54, 1.807) is 0 Å². The van der Waals surface area contributed by atoms with Crippen LogP contribution in [0, 0.1) is 0 Å². The summed E-state index contributed by atoms with van der Waals surface area (Å²) in [5.41, 5.74) is 14.5. The molecule has 2 heterocycles. The van der Waals surface area contributed by atoms with Gasteiger partial charge in [0.2, 0.25) is 0 Å². The van der Waals surface area contributed by atoms with Crippen molar-refractivity contribution < 1.29 is 0 Å². The third-order valence-corrected chi connectivity index (χ3v) is 10.0. The van der Waals surface area contributed by atoms with Gasteiger partial charge in [0.15, 0.2) is 0 Å². The Kier molecular flexibility index (Phi) is 6.80. The van der Waals surface area contributed by atoms with Crippen molar-refractivity contribution in [1.29, 1.82) is 0 Å². The Balaban J connectivity index is 1.08. The molecule has 0 bridgehead atoms. The summed E-state index contributed by atoms with van der Waals surface area (Å²) in [5, 5.41) is 2.54. The zero-order valence-electron chi connectivity index (χ0n) is 27.6. The van der Waals surface area contributed by atoms with E-state index in [4.69, 9.17) is 0 Å². The van der Waals surface area contributed by atoms with Crippen molar-refractivity contribution in [3.8, 4) is 16.8 Å². The van der Waals surface area contributed by atoms with Crippen LogP contribution in [0.1, 0.15) is 36.1 Å². The number of hydrogen-bond acceptors (Lipinski definition) is 2. The Morgan fingerprint density at radius 2 is 1.20 bits per heavy atom. The Labute approximate surface area is 287 Å². The van der Waals surface area contributed by atoms with Gasteiger partial charge < -0.3 is 9.47 Å². The third-order valence-electron chi connectivity index (χ3n) is 10.0. The highest BCUT2D eigenvalue weighted by Gasteiger charge is 2.38. The highest BCUT2D eigenvalue weighted by atomic mass is 15.1. The number of aromatic nitrogens is 2. The molecule has 0 N–H and O–H groups in total. The quantitative estimate of drug-likeness (QED) is 0.171. The van der Waals surface area contributed by atoms with Gasteiger partial charge in [0.1, 0.15) is 0 Å². The summed E-state index contributed by atoms with van der Waals surface area (Å²) in [7, 11) is 0. The molecule has 9 rings (SSSR count). The molecular formula is C46H35N3. The van der Waals surface area contributed by atoms with E-state index in [0.29, 0.717) is 0 Å². The van der Waals surface area contributed by atoms with Gasteiger partial charge in [0.25, 0.3) is 0 Å². The number of hydrogen-bond donors (Lipinski definition) is 0. The van der Waals surface area contributed by atoms with Gasteiger partial charge in [0, 0.05) is 39.4 Å². The van der Waals surface area contributed by atoms with Crippen molar-refractivity contribution in [2.75, 3.05) is 4.90 Å². The molecule has 49 heavy (non-hydrogen) atoms. The van der Waals surface area contributed by atoms with Crippen LogP contribution in [0.3, 0.4) is 0 Å². The van der Waals surface area contributed by atoms with Gasteiger partial charge in [-0.2, -0.15) is 0 Å². The molecule has 3 heteroatoms. The second kappa shape index (κ2) is 11.5. The predicted octanol–water partition coefficient (Wildman–Crippen LogP) is 12.1. The monoisotopic (exact) mass is 629 g/mol. The third kappa shape index (κ3) is 4.77. The fraction of sp³-hybridized carbons (Fsp3) is 0.0652. The van der Waals surface area contributed by atoms with E-state index in [1.165, 1.54) is 49.6 Å². The summed E-state index contributed by atoms with van der Waals surface area (Å²) in [6.07, 6.45) is 8.27. The zero-order valence-corrected chi connectivity index (χ0v) is 27.6. The summed E-state index contributed by atoms with van der Waals surface area (Å²) in [6, 6.07) is 54.4. The molecule has 234 valence electrons. The second-order valence-electron chi connectivity index (χ2n) is 13.3. The Morgan fingerprint density at radius 1 is 0.571 bits per heavy atom. The first-order valence-electron chi connectivity index (χ1n) is 16.9. The van der Waals surface area contributed by atoms with E-state index in [2.05, 4.69) is 186 Å². The van der Waals surface area contributed by atoms with Crippen LogP contribution in [0.2, 0.25) is 0 Å². The van der Waals surface area contributed by atoms with Gasteiger partial charge in [0.05, 0.1) is 22.9 Å². The number of nitrogens with zero attached hydrogens (tertiary/aromatic N) is 3. The van der Waals surface area contributed by atoms with E-state index in [-0.39, 0.29) is 5.41 Å². The van der Waals surface area contributed by atoms with Crippen LogP contribution in [0.5, 0.6) is 0 Å². The van der Waals surface area contributed by atoms with Crippen LogP contribution in [0.4, 0.5) is 17.1 Å². The first-order chi connectivity index (χ1) is 24.1. The minimum atomic E-state index is -0.192. The Bertz CT molecular complexity index is 2450. The maximum Gasteiger partial charge on any atom is 0.0645 e. The number of fused-ring (bicyclic) bond motifs is 7. The fourth-order valence-corrected chi connectivity index (χ4v) is 7.75. The van der Waals surface area contributed by atoms with Crippen LogP contribution in [-0.4, -0.2) is 9.55 Å². The first kappa shape index (κ1) is 29.0. The van der Waals surface area contributed by atoms with Crippen molar-refractivity contribution in [2.45, 2.75) is 19.3 Å². The molecule has 1 aliphatic rings. The maximum atomic E-state index is 4.49. The van der Waals surface area contributed by atoms with E-state index in [1.807, 2.05) is 18.5 Å². The van der Waals surface area contributed by atoms with Gasteiger partial charge in [-0.15, -0.1) is 0 Å². The first-order valence-corrected chi connectivity index (χ1v) is 16.9. The van der Waals surface area contributed by atoms with Crippen LogP contribution in [-0.2, 0) is 5.41 Å². The van der Waals surface area contributed by atoms with E-state index < -0.39 is 0 Å². The lowest BCUT2D eigenvalue weighted by atomic mass is 9.81. The fourth-order valence-electron chi connectivity index (χ4n) is 7.75. The molecule has 0 aliphatic heterocycles. The summed E-state index contributed by atoms with van der Waals surface area (Å²) in [4.78, 5) is 6.78. The molecule has 8 aromatic rings. The van der Waals surface area contributed by atoms with Crippen LogP contribution < -0.4 is 4.90 Å². The summed E-state index contributed by atoms with van der Waals surface area (Å²) < 4.78 is 2.41. The molecule has 0 amide bonds. The number of pyridine rings is 1. The van der Waals surface area contributed by atoms with Crippen LogP contribution in [0.25, 0.3) is 50.8 Å². The highest BCUT2D eigenvalue weighted by Crippen LogP contribution is 2.53. The molecule has 1 aliphatic carbocycles. The molecule has 0 saturated heterocycles. The smallest absolute Gasteiger partial charge is 0.0645 e. The van der Waals surface area contributed by atoms with Crippen molar-refractivity contribution in [1.82, 2.24) is 9.55 Å². The number of rotatable bonds is 6. The van der Waals surface area contributed by atoms with Gasteiger partial charge in [-0.25, -0.2) is 0 Å². The summed E-state index contributed by atoms with van der Waals surface area (Å²) in [6.45, 7) is 4.75. The Hall–Kier alpha value is -6.19. The topological polar surface area (TPSA) is 21.1 Å². The molecule has 0 fully saturated rings. The van der Waals surface area contributed by atoms with Crippen LogP contribution >= 0.6 is 0 Å². The molecular weight excluding hydrogens is 595 g/mol. The van der Waals surface area contributed by atoms with E-state index >= 15 is 0 Å². The number of anilines is 3. The normalized spacial score (nSPS) is 13.2. The molecule has 0 radical (unpaired) electrons. The molecule has 2 aromatic heterocycles. The average Bonchev–Trinajstić information content (AvgIpc) is 3.61. The average molecular weight is 630 g/mol. The van der Waals surface area contributed by atoms with Gasteiger partial charge in [-0.05, 0) is 88.0 Å². The van der Waals surface area contributed by atoms with Crippen molar-refractivity contribution in [2.24, 2.45) is 0 Å². The summed E-state index contributed by atoms with van der Waals surface area (Å²) >= 11 is 0.